The van der Waals surface area contributed by atoms with Gasteiger partial charge in [-0.05, 0) is 36.6 Å². The monoisotopic (exact) mass is 428 g/mol. The molecule has 1 unspecified atom stereocenters. The van der Waals surface area contributed by atoms with E-state index in [9.17, 15) is 0 Å². The van der Waals surface area contributed by atoms with E-state index in [1.807, 2.05) is 43.3 Å². The van der Waals surface area contributed by atoms with E-state index in [0.717, 1.165) is 16.9 Å². The lowest BCUT2D eigenvalue weighted by molar-refractivity contribution is -0.296. The maximum absolute atomic E-state index is 6.10. The van der Waals surface area contributed by atoms with Gasteiger partial charge in [0.25, 0.3) is 0 Å². The molecular formula is C26H36O5. The van der Waals surface area contributed by atoms with Crippen LogP contribution in [0.3, 0.4) is 0 Å². The van der Waals surface area contributed by atoms with Crippen LogP contribution in [0.1, 0.15) is 44.7 Å². The minimum absolute atomic E-state index is 0.0365. The summed E-state index contributed by atoms with van der Waals surface area (Å²) in [7, 11) is 3.42. The van der Waals surface area contributed by atoms with Gasteiger partial charge in [0.05, 0.1) is 19.8 Å². The molecule has 1 atom stereocenters. The maximum Gasteiger partial charge on any atom is 0.165 e. The lowest BCUT2D eigenvalue weighted by atomic mass is 9.87. The molecule has 0 amide bonds. The molecule has 0 aliphatic carbocycles. The Kier molecular flexibility index (Phi) is 7.76. The highest BCUT2D eigenvalue weighted by Crippen LogP contribution is 2.38. The zero-order chi connectivity index (χ0) is 22.4. The zero-order valence-corrected chi connectivity index (χ0v) is 19.5. The molecule has 0 N–H and O–H groups in total. The number of methoxy groups -OCH3 is 2. The van der Waals surface area contributed by atoms with Crippen LogP contribution in [-0.4, -0.2) is 39.8 Å². The van der Waals surface area contributed by atoms with E-state index in [1.54, 1.807) is 14.2 Å². The fourth-order valence-corrected chi connectivity index (χ4v) is 3.77. The summed E-state index contributed by atoms with van der Waals surface area (Å²) in [5, 5.41) is 0. The van der Waals surface area contributed by atoms with E-state index >= 15 is 0 Å². The summed E-state index contributed by atoms with van der Waals surface area (Å²) in [5.74, 6) is 0.172. The molecule has 170 valence electrons. The Hall–Kier alpha value is -1.92. The van der Waals surface area contributed by atoms with Crippen molar-refractivity contribution in [1.82, 2.24) is 0 Å². The summed E-state index contributed by atoms with van der Waals surface area (Å²) in [4.78, 5) is 0. The van der Waals surface area contributed by atoms with E-state index in [1.165, 1.54) is 0 Å². The fourth-order valence-electron chi connectivity index (χ4n) is 3.77. The number of rotatable bonds is 10. The van der Waals surface area contributed by atoms with Crippen LogP contribution < -0.4 is 4.74 Å². The Morgan fingerprint density at radius 2 is 1.65 bits per heavy atom. The molecule has 2 aromatic rings. The topological polar surface area (TPSA) is 46.2 Å². The molecule has 1 fully saturated rings. The first-order chi connectivity index (χ1) is 14.8. The standard InChI is InChI=1S/C26H36O5/c1-24(2)18-30-25(3,31-19-24)14-15-26(28-5,20-27-4)22-12-9-13-23(16-22)29-17-21-10-7-6-8-11-21/h6-13,16H,14-15,17-20H2,1-5H3. The summed E-state index contributed by atoms with van der Waals surface area (Å²) >= 11 is 0. The Balaban J connectivity index is 1.73. The number of benzene rings is 2. The van der Waals surface area contributed by atoms with Crippen LogP contribution in [-0.2, 0) is 31.2 Å². The minimum Gasteiger partial charge on any atom is -0.489 e. The van der Waals surface area contributed by atoms with Crippen molar-refractivity contribution < 1.29 is 23.7 Å². The molecule has 1 heterocycles. The van der Waals surface area contributed by atoms with E-state index in [-0.39, 0.29) is 5.41 Å². The second-order valence-corrected chi connectivity index (χ2v) is 9.31. The third-order valence-electron chi connectivity index (χ3n) is 5.90. The second-order valence-electron chi connectivity index (χ2n) is 9.31. The molecule has 2 aromatic carbocycles. The SMILES string of the molecule is COCC(CCC1(C)OCC(C)(C)CO1)(OC)c1cccc(OCc2ccccc2)c1. The molecule has 0 saturated carbocycles. The van der Waals surface area contributed by atoms with Gasteiger partial charge >= 0.3 is 0 Å². The van der Waals surface area contributed by atoms with E-state index < -0.39 is 11.4 Å². The first kappa shape index (κ1) is 23.7. The van der Waals surface area contributed by atoms with E-state index in [4.69, 9.17) is 23.7 Å². The number of hydrogen-bond donors (Lipinski definition) is 0. The molecule has 1 aliphatic heterocycles. The molecule has 5 nitrogen and oxygen atoms in total. The molecule has 1 saturated heterocycles. The zero-order valence-electron chi connectivity index (χ0n) is 19.5. The maximum atomic E-state index is 6.10. The van der Waals surface area contributed by atoms with Crippen molar-refractivity contribution in [3.63, 3.8) is 0 Å². The minimum atomic E-state index is -0.630. The molecule has 0 spiro atoms. The third-order valence-corrected chi connectivity index (χ3v) is 5.90. The summed E-state index contributed by atoms with van der Waals surface area (Å²) in [6, 6.07) is 18.2. The van der Waals surface area contributed by atoms with E-state index in [2.05, 4.69) is 32.0 Å². The normalized spacial score (nSPS) is 19.5. The molecular weight excluding hydrogens is 392 g/mol. The van der Waals surface area contributed by atoms with Crippen LogP contribution in [0.15, 0.2) is 54.6 Å². The summed E-state index contributed by atoms with van der Waals surface area (Å²) in [6.45, 7) is 8.61. The van der Waals surface area contributed by atoms with Crippen molar-refractivity contribution in [2.24, 2.45) is 5.41 Å². The van der Waals surface area contributed by atoms with Gasteiger partial charge in [0, 0.05) is 26.1 Å². The highest BCUT2D eigenvalue weighted by molar-refractivity contribution is 5.33. The van der Waals surface area contributed by atoms with Gasteiger partial charge in [0.15, 0.2) is 5.79 Å². The van der Waals surface area contributed by atoms with Crippen LogP contribution in [0.5, 0.6) is 5.75 Å². The molecule has 1 aliphatic rings. The highest BCUT2D eigenvalue weighted by atomic mass is 16.7. The van der Waals surface area contributed by atoms with Gasteiger partial charge in [0.1, 0.15) is 18.0 Å². The van der Waals surface area contributed by atoms with Crippen molar-refractivity contribution in [3.05, 3.63) is 65.7 Å². The molecule has 3 rings (SSSR count). The van der Waals surface area contributed by atoms with Crippen LogP contribution >= 0.6 is 0 Å². The molecule has 0 radical (unpaired) electrons. The predicted molar refractivity (Wildman–Crippen MR) is 121 cm³/mol. The number of ether oxygens (including phenoxy) is 5. The van der Waals surface area contributed by atoms with Crippen LogP contribution in [0.4, 0.5) is 0 Å². The van der Waals surface area contributed by atoms with Crippen molar-refractivity contribution in [2.45, 2.75) is 51.6 Å². The highest BCUT2D eigenvalue weighted by Gasteiger charge is 2.41. The average Bonchev–Trinajstić information content (AvgIpc) is 2.79. The van der Waals surface area contributed by atoms with Gasteiger partial charge in [-0.1, -0.05) is 56.3 Å². The smallest absolute Gasteiger partial charge is 0.165 e. The summed E-state index contributed by atoms with van der Waals surface area (Å²) < 4.78 is 29.9. The second kappa shape index (κ2) is 10.1. The van der Waals surface area contributed by atoms with Gasteiger partial charge in [-0.25, -0.2) is 0 Å². The summed E-state index contributed by atoms with van der Waals surface area (Å²) in [6.07, 6.45) is 1.38. The van der Waals surface area contributed by atoms with Crippen molar-refractivity contribution >= 4 is 0 Å². The average molecular weight is 429 g/mol. The van der Waals surface area contributed by atoms with Crippen LogP contribution in [0, 0.1) is 5.41 Å². The predicted octanol–water partition coefficient (Wildman–Crippen LogP) is 5.32. The van der Waals surface area contributed by atoms with Gasteiger partial charge in [-0.2, -0.15) is 0 Å². The fraction of sp³-hybridized carbons (Fsp3) is 0.538. The van der Waals surface area contributed by atoms with Crippen molar-refractivity contribution in [2.75, 3.05) is 34.0 Å². The van der Waals surface area contributed by atoms with Crippen molar-refractivity contribution in [3.8, 4) is 5.75 Å². The molecule has 5 heteroatoms. The third kappa shape index (κ3) is 6.30. The number of hydrogen-bond acceptors (Lipinski definition) is 5. The Bertz CT molecular complexity index is 810. The van der Waals surface area contributed by atoms with E-state index in [0.29, 0.717) is 39.3 Å². The first-order valence-corrected chi connectivity index (χ1v) is 10.9. The Labute approximate surface area is 186 Å². The summed E-state index contributed by atoms with van der Waals surface area (Å²) in [5.41, 5.74) is 1.56. The molecule has 0 bridgehead atoms. The van der Waals surface area contributed by atoms with Crippen LogP contribution in [0.2, 0.25) is 0 Å². The van der Waals surface area contributed by atoms with Crippen LogP contribution in [0.25, 0.3) is 0 Å². The molecule has 31 heavy (non-hydrogen) atoms. The van der Waals surface area contributed by atoms with Gasteiger partial charge in [-0.15, -0.1) is 0 Å². The Morgan fingerprint density at radius 1 is 0.935 bits per heavy atom. The van der Waals surface area contributed by atoms with Gasteiger partial charge in [-0.3, -0.25) is 0 Å². The Morgan fingerprint density at radius 3 is 2.29 bits per heavy atom. The largest absolute Gasteiger partial charge is 0.489 e. The first-order valence-electron chi connectivity index (χ1n) is 10.9. The lowest BCUT2D eigenvalue weighted by Crippen LogP contribution is -2.47. The van der Waals surface area contributed by atoms with Gasteiger partial charge < -0.3 is 23.7 Å². The van der Waals surface area contributed by atoms with Crippen molar-refractivity contribution in [1.29, 1.82) is 0 Å². The quantitative estimate of drug-likeness (QED) is 0.512. The lowest BCUT2D eigenvalue weighted by Gasteiger charge is -2.43. The molecule has 0 aromatic heterocycles. The van der Waals surface area contributed by atoms with Gasteiger partial charge in [0.2, 0.25) is 0 Å².